The largest absolute Gasteiger partial charge is 0.497 e. The van der Waals surface area contributed by atoms with Crippen LogP contribution in [0, 0.1) is 0 Å². The monoisotopic (exact) mass is 392 g/mol. The first-order valence-electron chi connectivity index (χ1n) is 7.37. The molecule has 126 valence electrons. The van der Waals surface area contributed by atoms with Crippen LogP contribution in [0.3, 0.4) is 0 Å². The number of Topliss-reactive ketones (excluding diaryl/α,β-unsaturated/α-hetero) is 1. The lowest BCUT2D eigenvalue weighted by Gasteiger charge is -2.27. The first-order valence-corrected chi connectivity index (χ1v) is 8.16. The van der Waals surface area contributed by atoms with E-state index in [0.29, 0.717) is 27.3 Å². The summed E-state index contributed by atoms with van der Waals surface area (Å²) in [4.78, 5) is 12.7. The summed E-state index contributed by atoms with van der Waals surface area (Å²) in [6.07, 6.45) is -0.111. The summed E-state index contributed by atoms with van der Waals surface area (Å²) in [5.74, 6) is 2.17. The molecule has 0 aromatic heterocycles. The van der Waals surface area contributed by atoms with Gasteiger partial charge in [-0.1, -0.05) is 12.1 Å². The maximum absolute atomic E-state index is 12.7. The zero-order chi connectivity index (χ0) is 17.3. The number of methoxy groups -OCH3 is 3. The molecule has 0 radical (unpaired) electrons. The first-order chi connectivity index (χ1) is 11.6. The number of fused-ring (bicyclic) bond motifs is 1. The second-order valence-corrected chi connectivity index (χ2v) is 6.10. The van der Waals surface area contributed by atoms with Crippen LogP contribution in [0.4, 0.5) is 0 Å². The van der Waals surface area contributed by atoms with Crippen molar-refractivity contribution in [2.24, 2.45) is 0 Å². The van der Waals surface area contributed by atoms with Gasteiger partial charge in [0.05, 0.1) is 27.8 Å². The van der Waals surface area contributed by atoms with Crippen LogP contribution in [0.2, 0.25) is 0 Å². The molecular weight excluding hydrogens is 376 g/mol. The van der Waals surface area contributed by atoms with Crippen molar-refractivity contribution in [2.45, 2.75) is 12.5 Å². The molecule has 1 aliphatic heterocycles. The number of halogens is 1. The number of benzene rings is 2. The van der Waals surface area contributed by atoms with Gasteiger partial charge in [0.15, 0.2) is 11.5 Å². The Bertz CT molecular complexity index is 770. The molecule has 2 aromatic rings. The summed E-state index contributed by atoms with van der Waals surface area (Å²) in [6, 6.07) is 9.20. The fourth-order valence-electron chi connectivity index (χ4n) is 2.76. The molecule has 1 atom stereocenters. The SMILES string of the molecule is COc1ccc(C2CC(=O)c3c(cc(OC)c(Br)c3OC)O2)cc1. The molecule has 3 rings (SSSR count). The van der Waals surface area contributed by atoms with Crippen LogP contribution in [0.1, 0.15) is 28.4 Å². The molecule has 24 heavy (non-hydrogen) atoms. The number of hydrogen-bond donors (Lipinski definition) is 0. The van der Waals surface area contributed by atoms with E-state index in [-0.39, 0.29) is 18.3 Å². The van der Waals surface area contributed by atoms with Crippen LogP contribution >= 0.6 is 15.9 Å². The third kappa shape index (κ3) is 2.82. The van der Waals surface area contributed by atoms with Gasteiger partial charge in [0.1, 0.15) is 33.4 Å². The molecule has 0 fully saturated rings. The third-order valence-corrected chi connectivity index (χ3v) is 4.73. The minimum Gasteiger partial charge on any atom is -0.497 e. The Morgan fingerprint density at radius 1 is 1.08 bits per heavy atom. The Hall–Kier alpha value is -2.21. The molecule has 0 spiro atoms. The normalized spacial score (nSPS) is 16.2. The van der Waals surface area contributed by atoms with Gasteiger partial charge in [0.25, 0.3) is 0 Å². The molecule has 0 saturated carbocycles. The van der Waals surface area contributed by atoms with Gasteiger partial charge >= 0.3 is 0 Å². The topological polar surface area (TPSA) is 54.0 Å². The van der Waals surface area contributed by atoms with Gasteiger partial charge in [-0.05, 0) is 33.6 Å². The number of carbonyl (C=O) groups is 1. The van der Waals surface area contributed by atoms with Crippen LogP contribution in [0.15, 0.2) is 34.8 Å². The van der Waals surface area contributed by atoms with Crippen molar-refractivity contribution in [3.63, 3.8) is 0 Å². The molecule has 1 unspecified atom stereocenters. The van der Waals surface area contributed by atoms with Crippen LogP contribution in [0.5, 0.6) is 23.0 Å². The van der Waals surface area contributed by atoms with Crippen molar-refractivity contribution in [1.82, 2.24) is 0 Å². The summed E-state index contributed by atoms with van der Waals surface area (Å²) in [7, 11) is 4.68. The summed E-state index contributed by atoms with van der Waals surface area (Å²) >= 11 is 3.41. The van der Waals surface area contributed by atoms with E-state index in [4.69, 9.17) is 18.9 Å². The highest BCUT2D eigenvalue weighted by Gasteiger charge is 2.33. The summed E-state index contributed by atoms with van der Waals surface area (Å²) in [5, 5.41) is 0. The molecule has 0 aliphatic carbocycles. The lowest BCUT2D eigenvalue weighted by Crippen LogP contribution is -2.21. The Morgan fingerprint density at radius 2 is 1.79 bits per heavy atom. The molecule has 1 aliphatic rings. The number of ketones is 1. The number of ether oxygens (including phenoxy) is 4. The highest BCUT2D eigenvalue weighted by Crippen LogP contribution is 2.47. The van der Waals surface area contributed by atoms with Crippen molar-refractivity contribution < 1.29 is 23.7 Å². The molecule has 0 bridgehead atoms. The van der Waals surface area contributed by atoms with Crippen molar-refractivity contribution in [2.75, 3.05) is 21.3 Å². The van der Waals surface area contributed by atoms with Crippen molar-refractivity contribution in [3.8, 4) is 23.0 Å². The lowest BCUT2D eigenvalue weighted by atomic mass is 9.95. The molecule has 0 amide bonds. The Labute approximate surface area is 148 Å². The molecule has 2 aromatic carbocycles. The maximum Gasteiger partial charge on any atom is 0.174 e. The smallest absolute Gasteiger partial charge is 0.174 e. The number of hydrogen-bond acceptors (Lipinski definition) is 5. The van der Waals surface area contributed by atoms with Gasteiger partial charge in [-0.25, -0.2) is 0 Å². The van der Waals surface area contributed by atoms with Gasteiger partial charge in [0, 0.05) is 6.07 Å². The van der Waals surface area contributed by atoms with E-state index in [2.05, 4.69) is 15.9 Å². The average Bonchev–Trinajstić information content (AvgIpc) is 2.61. The zero-order valence-corrected chi connectivity index (χ0v) is 15.2. The quantitative estimate of drug-likeness (QED) is 0.780. The first kappa shape index (κ1) is 16.6. The summed E-state index contributed by atoms with van der Waals surface area (Å²) in [5.41, 5.74) is 1.35. The van der Waals surface area contributed by atoms with E-state index in [9.17, 15) is 4.79 Å². The fraction of sp³-hybridized carbons (Fsp3) is 0.278. The fourth-order valence-corrected chi connectivity index (χ4v) is 3.39. The number of rotatable bonds is 4. The molecular formula is C18H17BrO5. The van der Waals surface area contributed by atoms with E-state index in [1.165, 1.54) is 7.11 Å². The van der Waals surface area contributed by atoms with Crippen molar-refractivity contribution >= 4 is 21.7 Å². The lowest BCUT2D eigenvalue weighted by molar-refractivity contribution is 0.0844. The molecule has 5 nitrogen and oxygen atoms in total. The predicted molar refractivity (Wildman–Crippen MR) is 92.6 cm³/mol. The Morgan fingerprint density at radius 3 is 2.38 bits per heavy atom. The predicted octanol–water partition coefficient (Wildman–Crippen LogP) is 4.18. The van der Waals surface area contributed by atoms with E-state index >= 15 is 0 Å². The highest BCUT2D eigenvalue weighted by molar-refractivity contribution is 9.10. The molecule has 0 saturated heterocycles. The van der Waals surface area contributed by atoms with Gasteiger partial charge in [-0.15, -0.1) is 0 Å². The van der Waals surface area contributed by atoms with Crippen LogP contribution in [-0.2, 0) is 0 Å². The summed E-state index contributed by atoms with van der Waals surface area (Å²) in [6.45, 7) is 0. The molecule has 0 N–H and O–H groups in total. The zero-order valence-electron chi connectivity index (χ0n) is 13.6. The van der Waals surface area contributed by atoms with E-state index in [1.807, 2.05) is 24.3 Å². The minimum absolute atomic E-state index is 0.0303. The van der Waals surface area contributed by atoms with E-state index < -0.39 is 0 Å². The van der Waals surface area contributed by atoms with Crippen LogP contribution < -0.4 is 18.9 Å². The third-order valence-electron chi connectivity index (χ3n) is 3.98. The number of carbonyl (C=O) groups excluding carboxylic acids is 1. The maximum atomic E-state index is 12.7. The van der Waals surface area contributed by atoms with E-state index in [1.54, 1.807) is 20.3 Å². The highest BCUT2D eigenvalue weighted by atomic mass is 79.9. The van der Waals surface area contributed by atoms with Crippen molar-refractivity contribution in [3.05, 3.63) is 45.9 Å². The summed E-state index contributed by atoms with van der Waals surface area (Å²) < 4.78 is 22.5. The minimum atomic E-state index is -0.355. The average molecular weight is 393 g/mol. The van der Waals surface area contributed by atoms with Gasteiger partial charge in [0.2, 0.25) is 0 Å². The molecule has 6 heteroatoms. The Balaban J connectivity index is 2.01. The van der Waals surface area contributed by atoms with E-state index in [0.717, 1.165) is 11.3 Å². The van der Waals surface area contributed by atoms with Crippen molar-refractivity contribution in [1.29, 1.82) is 0 Å². The van der Waals surface area contributed by atoms with Gasteiger partial charge < -0.3 is 18.9 Å². The molecule has 1 heterocycles. The Kier molecular flexibility index (Phi) is 4.66. The second kappa shape index (κ2) is 6.73. The second-order valence-electron chi connectivity index (χ2n) is 5.31. The standard InChI is InChI=1S/C18H17BrO5/c1-21-11-6-4-10(5-7-11)13-8-12(20)16-14(24-13)9-15(22-2)17(19)18(16)23-3/h4-7,9,13H,8H2,1-3H3. The van der Waals surface area contributed by atoms with Crippen LogP contribution in [-0.4, -0.2) is 27.1 Å². The van der Waals surface area contributed by atoms with Crippen LogP contribution in [0.25, 0.3) is 0 Å². The van der Waals surface area contributed by atoms with Gasteiger partial charge in [-0.2, -0.15) is 0 Å². The van der Waals surface area contributed by atoms with Gasteiger partial charge in [-0.3, -0.25) is 4.79 Å².